The number of nitrogen functional groups attached to an aromatic ring is 1. The number of anilines is 2. The second kappa shape index (κ2) is 12.2. The highest BCUT2D eigenvalue weighted by molar-refractivity contribution is 8.01. The second-order valence-corrected chi connectivity index (χ2v) is 12.0. The molecule has 5 heterocycles. The molecular weight excluding hydrogens is 619 g/mol. The maximum atomic E-state index is 13.2. The Morgan fingerprint density at radius 3 is 2.83 bits per heavy atom. The van der Waals surface area contributed by atoms with Crippen molar-refractivity contribution >= 4 is 85.9 Å². The van der Waals surface area contributed by atoms with Crippen molar-refractivity contribution in [1.82, 2.24) is 40.4 Å². The van der Waals surface area contributed by atoms with E-state index in [1.54, 1.807) is 12.4 Å². The number of oxime groups is 1. The lowest BCUT2D eigenvalue weighted by Crippen LogP contribution is -2.71. The summed E-state index contributed by atoms with van der Waals surface area (Å²) in [5.41, 5.74) is 5.86. The van der Waals surface area contributed by atoms with E-state index in [1.807, 2.05) is 0 Å². The van der Waals surface area contributed by atoms with Crippen molar-refractivity contribution in [3.8, 4) is 0 Å². The number of hydrogen-bond acceptors (Lipinski definition) is 16. The molecule has 0 aliphatic carbocycles. The third-order valence-corrected chi connectivity index (χ3v) is 9.30. The quantitative estimate of drug-likeness (QED) is 0.0906. The van der Waals surface area contributed by atoms with Crippen LogP contribution >= 0.6 is 46.2 Å². The van der Waals surface area contributed by atoms with E-state index in [9.17, 15) is 24.3 Å². The number of aryl methyl sites for hydroxylation is 1. The van der Waals surface area contributed by atoms with Gasteiger partial charge < -0.3 is 21.0 Å². The van der Waals surface area contributed by atoms with E-state index < -0.39 is 41.7 Å². The molecule has 3 aromatic rings. The van der Waals surface area contributed by atoms with Crippen molar-refractivity contribution in [3.63, 3.8) is 0 Å². The molecule has 3 aromatic heterocycles. The van der Waals surface area contributed by atoms with Crippen LogP contribution in [0.25, 0.3) is 0 Å². The van der Waals surface area contributed by atoms with E-state index in [0.717, 1.165) is 16.2 Å². The van der Waals surface area contributed by atoms with Gasteiger partial charge in [0.15, 0.2) is 22.6 Å². The average molecular weight is 638 g/mol. The van der Waals surface area contributed by atoms with Crippen LogP contribution in [0.3, 0.4) is 0 Å². The minimum atomic E-state index is -1.26. The summed E-state index contributed by atoms with van der Waals surface area (Å²) in [6.45, 7) is -0.525. The first-order valence-electron chi connectivity index (χ1n) is 11.4. The molecule has 1 fully saturated rings. The van der Waals surface area contributed by atoms with E-state index in [-0.39, 0.29) is 28.0 Å². The Balaban J connectivity index is 1.27. The lowest BCUT2D eigenvalue weighted by Gasteiger charge is -2.49. The lowest BCUT2D eigenvalue weighted by atomic mass is 10.0. The predicted octanol–water partition coefficient (Wildman–Crippen LogP) is -0.404. The highest BCUT2D eigenvalue weighted by Gasteiger charge is 2.54. The van der Waals surface area contributed by atoms with E-state index in [4.69, 9.17) is 10.6 Å². The van der Waals surface area contributed by atoms with Crippen LogP contribution in [-0.2, 0) is 31.1 Å². The van der Waals surface area contributed by atoms with E-state index in [2.05, 4.69) is 41.3 Å². The van der Waals surface area contributed by atoms with Crippen molar-refractivity contribution in [2.45, 2.75) is 16.6 Å². The molecule has 3 amide bonds. The van der Waals surface area contributed by atoms with Gasteiger partial charge in [-0.2, -0.15) is 0 Å². The van der Waals surface area contributed by atoms with Gasteiger partial charge in [0.05, 0.1) is 0 Å². The normalized spacial score (nSPS) is 18.5. The Kier molecular flexibility index (Phi) is 8.46. The number of aromatic nitrogens is 6. The molecule has 41 heavy (non-hydrogen) atoms. The number of nitrogens with two attached hydrogens (primary N) is 1. The van der Waals surface area contributed by atoms with Crippen LogP contribution in [0.15, 0.2) is 38.5 Å². The average Bonchev–Trinajstić information content (AvgIpc) is 3.71. The number of nitrogens with zero attached hydrogens (tertiary/aromatic N) is 8. The maximum Gasteiger partial charge on any atom is 0.352 e. The summed E-state index contributed by atoms with van der Waals surface area (Å²) < 4.78 is 1.46. The molecule has 0 radical (unpaired) electrons. The number of thioether (sulfide) groups is 2. The van der Waals surface area contributed by atoms with Crippen LogP contribution in [0.1, 0.15) is 5.69 Å². The van der Waals surface area contributed by atoms with Crippen LogP contribution < -0.4 is 16.4 Å². The van der Waals surface area contributed by atoms with Gasteiger partial charge in [-0.3, -0.25) is 24.6 Å². The number of thiazole rings is 2. The first-order chi connectivity index (χ1) is 19.7. The van der Waals surface area contributed by atoms with Crippen molar-refractivity contribution in [1.29, 1.82) is 0 Å². The van der Waals surface area contributed by atoms with Gasteiger partial charge in [0.2, 0.25) is 5.16 Å². The van der Waals surface area contributed by atoms with Gasteiger partial charge in [0.25, 0.3) is 17.7 Å². The summed E-state index contributed by atoms with van der Waals surface area (Å²) in [6.07, 6.45) is 1.52. The van der Waals surface area contributed by atoms with E-state index in [1.165, 1.54) is 51.1 Å². The van der Waals surface area contributed by atoms with Crippen LogP contribution in [0, 0.1) is 0 Å². The number of carbonyl (C=O) groups excluding carboxylic acids is 3. The number of amides is 3. The van der Waals surface area contributed by atoms with Crippen LogP contribution in [0.4, 0.5) is 10.3 Å². The molecular formula is C20H19N11O6S4. The molecule has 2 aliphatic heterocycles. The van der Waals surface area contributed by atoms with E-state index >= 15 is 0 Å². The first-order valence-corrected chi connectivity index (χ1v) is 15.2. The Morgan fingerprint density at radius 1 is 1.34 bits per heavy atom. The molecule has 1 unspecified atom stereocenters. The zero-order chi connectivity index (χ0) is 29.1. The van der Waals surface area contributed by atoms with Gasteiger partial charge in [-0.05, 0) is 16.0 Å². The molecule has 1 saturated heterocycles. The molecule has 0 saturated carbocycles. The van der Waals surface area contributed by atoms with Crippen molar-refractivity contribution in [3.05, 3.63) is 33.9 Å². The molecule has 5 N–H and O–H groups in total. The fourth-order valence-corrected chi connectivity index (χ4v) is 7.12. The molecule has 214 valence electrons. The van der Waals surface area contributed by atoms with Crippen LogP contribution in [0.5, 0.6) is 0 Å². The molecule has 17 nitrogen and oxygen atoms in total. The topological polar surface area (TPSA) is 233 Å². The second-order valence-electron chi connectivity index (χ2n) is 8.16. The largest absolute Gasteiger partial charge is 0.477 e. The summed E-state index contributed by atoms with van der Waals surface area (Å²) in [7, 11) is 1.66. The Bertz CT molecular complexity index is 1550. The Morgan fingerprint density at radius 2 is 2.17 bits per heavy atom. The summed E-state index contributed by atoms with van der Waals surface area (Å²) in [5, 5.41) is 33.5. The number of tetrazole rings is 1. The molecule has 0 spiro atoms. The zero-order valence-electron chi connectivity index (χ0n) is 20.8. The number of rotatable bonds is 11. The van der Waals surface area contributed by atoms with Crippen LogP contribution in [-0.4, -0.2) is 99.1 Å². The SMILES string of the molecule is Cn1nnnc1SCC1=C(C(=O)O)N2C(=O)C(NC(=O)C(=NOCC(=O)Nc3nccs3)c3csc(N)n3)[C@H]2SC1. The van der Waals surface area contributed by atoms with Crippen molar-refractivity contribution in [2.75, 3.05) is 29.2 Å². The lowest BCUT2D eigenvalue weighted by molar-refractivity contribution is -0.150. The monoisotopic (exact) mass is 637 g/mol. The van der Waals surface area contributed by atoms with Gasteiger partial charge in [0.1, 0.15) is 22.8 Å². The molecule has 5 rings (SSSR count). The van der Waals surface area contributed by atoms with Gasteiger partial charge in [-0.1, -0.05) is 16.9 Å². The number of β-lactam (4-membered cyclic amide) rings is 1. The smallest absolute Gasteiger partial charge is 0.352 e. The Labute approximate surface area is 246 Å². The predicted molar refractivity (Wildman–Crippen MR) is 149 cm³/mol. The highest BCUT2D eigenvalue weighted by Crippen LogP contribution is 2.41. The van der Waals surface area contributed by atoms with Crippen molar-refractivity contribution in [2.24, 2.45) is 12.2 Å². The van der Waals surface area contributed by atoms with E-state index in [0.29, 0.717) is 21.6 Å². The minimum Gasteiger partial charge on any atom is -0.477 e. The molecule has 2 atom stereocenters. The fourth-order valence-electron chi connectivity index (χ4n) is 3.70. The molecule has 21 heteroatoms. The molecule has 0 bridgehead atoms. The number of nitrogens with one attached hydrogen (secondary N) is 2. The first kappa shape index (κ1) is 28.4. The molecule has 2 aliphatic rings. The number of carbonyl (C=O) groups is 4. The fraction of sp³-hybridized carbons (Fsp3) is 0.300. The summed E-state index contributed by atoms with van der Waals surface area (Å²) >= 11 is 4.82. The minimum absolute atomic E-state index is 0.0777. The van der Waals surface area contributed by atoms with Gasteiger partial charge in [-0.25, -0.2) is 19.4 Å². The third kappa shape index (κ3) is 6.16. The number of carboxylic acids is 1. The van der Waals surface area contributed by atoms with Gasteiger partial charge in [-0.15, -0.1) is 39.5 Å². The maximum absolute atomic E-state index is 13.2. The number of fused-ring (bicyclic) bond motifs is 1. The van der Waals surface area contributed by atoms with Gasteiger partial charge >= 0.3 is 5.97 Å². The van der Waals surface area contributed by atoms with Crippen LogP contribution in [0.2, 0.25) is 0 Å². The number of hydrogen-bond donors (Lipinski definition) is 4. The third-order valence-electron chi connectivity index (χ3n) is 5.50. The summed E-state index contributed by atoms with van der Waals surface area (Å²) in [5.74, 6) is -2.66. The highest BCUT2D eigenvalue weighted by atomic mass is 32.2. The van der Waals surface area contributed by atoms with Gasteiger partial charge in [0, 0.05) is 35.5 Å². The summed E-state index contributed by atoms with van der Waals surface area (Å²) in [6, 6.07) is -1.03. The Hall–Kier alpha value is -4.08. The number of carboxylic acid groups (broad SMARTS) is 1. The molecule has 0 aromatic carbocycles. The summed E-state index contributed by atoms with van der Waals surface area (Å²) in [4.78, 5) is 64.8. The number of aliphatic carboxylic acids is 1. The standard InChI is InChI=1S/C20H19N11O6S4/c1-30-20(26-28-29-30)41-6-8-5-39-16-12(15(34)31(16)13(8)17(35)36)25-14(33)11(9-7-40-18(21)23-9)27-37-4-10(32)24-19-22-2-3-38-19/h2-3,7,12,16H,4-6H2,1H3,(H2,21,23)(H,25,33)(H,35,36)(H,22,24,32)/t12?,16-/m1/s1. The van der Waals surface area contributed by atoms with Crippen molar-refractivity contribution < 1.29 is 29.1 Å². The zero-order valence-corrected chi connectivity index (χ0v) is 24.1.